The third-order valence-electron chi connectivity index (χ3n) is 4.05. The number of carboxylic acid groups (broad SMARTS) is 1. The van der Waals surface area contributed by atoms with E-state index >= 15 is 0 Å². The number of rotatable bonds is 7. The molecule has 0 aliphatic carbocycles. The Morgan fingerprint density at radius 1 is 1.53 bits per heavy atom. The zero-order chi connectivity index (χ0) is 14.5. The molecule has 0 aromatic rings. The molecule has 110 valence electrons. The normalized spacial score (nSPS) is 25.2. The molecule has 2 atom stereocenters. The van der Waals surface area contributed by atoms with E-state index in [4.69, 9.17) is 4.74 Å². The van der Waals surface area contributed by atoms with Gasteiger partial charge < -0.3 is 15.2 Å². The second kappa shape index (κ2) is 6.86. The smallest absolute Gasteiger partial charge is 0.310 e. The van der Waals surface area contributed by atoms with Gasteiger partial charge in [-0.05, 0) is 19.8 Å². The van der Waals surface area contributed by atoms with Crippen molar-refractivity contribution in [2.24, 2.45) is 5.41 Å². The highest BCUT2D eigenvalue weighted by Crippen LogP contribution is 2.35. The molecule has 0 aromatic carbocycles. The minimum absolute atomic E-state index is 0.0747. The van der Waals surface area contributed by atoms with Crippen LogP contribution in [0.25, 0.3) is 0 Å². The molecule has 1 saturated heterocycles. The topological polar surface area (TPSA) is 78.9 Å². The molecule has 0 radical (unpaired) electrons. The standard InChI is InChI=1S/C13H24N2O4/c1-4-13(12(17)18)5-7-15(9-13)10(2)11(16)14-6-8-19-3/h10H,4-9H2,1-3H3,(H,14,16)(H,17,18). The number of likely N-dealkylation sites (tertiary alicyclic amines) is 1. The highest BCUT2D eigenvalue weighted by Gasteiger charge is 2.45. The van der Waals surface area contributed by atoms with Gasteiger partial charge in [-0.1, -0.05) is 6.92 Å². The molecule has 6 heteroatoms. The monoisotopic (exact) mass is 272 g/mol. The molecule has 0 aromatic heterocycles. The van der Waals surface area contributed by atoms with E-state index in [9.17, 15) is 14.7 Å². The van der Waals surface area contributed by atoms with Crippen molar-refractivity contribution < 1.29 is 19.4 Å². The van der Waals surface area contributed by atoms with Crippen LogP contribution in [0.5, 0.6) is 0 Å². The van der Waals surface area contributed by atoms with E-state index in [0.717, 1.165) is 0 Å². The van der Waals surface area contributed by atoms with Crippen molar-refractivity contribution in [1.29, 1.82) is 0 Å². The molecule has 2 N–H and O–H groups in total. The summed E-state index contributed by atoms with van der Waals surface area (Å²) in [4.78, 5) is 25.2. The molecule has 19 heavy (non-hydrogen) atoms. The van der Waals surface area contributed by atoms with Crippen LogP contribution in [0, 0.1) is 5.41 Å². The zero-order valence-corrected chi connectivity index (χ0v) is 11.9. The highest BCUT2D eigenvalue weighted by atomic mass is 16.5. The van der Waals surface area contributed by atoms with Gasteiger partial charge in [0.2, 0.25) is 5.91 Å². The fraction of sp³-hybridized carbons (Fsp3) is 0.846. The van der Waals surface area contributed by atoms with E-state index < -0.39 is 11.4 Å². The van der Waals surface area contributed by atoms with Crippen LogP contribution in [-0.4, -0.2) is 61.3 Å². The Kier molecular flexibility index (Phi) is 5.75. The van der Waals surface area contributed by atoms with Gasteiger partial charge in [0, 0.05) is 26.7 Å². The number of ether oxygens (including phenoxy) is 1. The van der Waals surface area contributed by atoms with Gasteiger partial charge in [-0.2, -0.15) is 0 Å². The minimum Gasteiger partial charge on any atom is -0.481 e. The summed E-state index contributed by atoms with van der Waals surface area (Å²) in [5.74, 6) is -0.834. The SMILES string of the molecule is CCC1(C(=O)O)CCN(C(C)C(=O)NCCOC)C1. The maximum atomic E-state index is 11.9. The lowest BCUT2D eigenvalue weighted by Crippen LogP contribution is -2.46. The van der Waals surface area contributed by atoms with Crippen molar-refractivity contribution in [3.8, 4) is 0 Å². The molecule has 1 aliphatic heterocycles. The van der Waals surface area contributed by atoms with E-state index in [2.05, 4.69) is 5.32 Å². The minimum atomic E-state index is -0.760. The summed E-state index contributed by atoms with van der Waals surface area (Å²) in [7, 11) is 1.58. The highest BCUT2D eigenvalue weighted by molar-refractivity contribution is 5.82. The molecule has 6 nitrogen and oxygen atoms in total. The van der Waals surface area contributed by atoms with Crippen molar-refractivity contribution in [3.63, 3.8) is 0 Å². The Labute approximate surface area is 114 Å². The lowest BCUT2D eigenvalue weighted by atomic mass is 9.84. The van der Waals surface area contributed by atoms with Crippen LogP contribution in [0.15, 0.2) is 0 Å². The number of hydrogen-bond donors (Lipinski definition) is 2. The number of aliphatic carboxylic acids is 1. The molecule has 2 unspecified atom stereocenters. The Bertz CT molecular complexity index is 335. The number of methoxy groups -OCH3 is 1. The number of nitrogens with one attached hydrogen (secondary N) is 1. The van der Waals surface area contributed by atoms with E-state index in [-0.39, 0.29) is 11.9 Å². The molecule has 1 fully saturated rings. The number of amides is 1. The predicted molar refractivity (Wildman–Crippen MR) is 70.9 cm³/mol. The lowest BCUT2D eigenvalue weighted by molar-refractivity contribution is -0.148. The zero-order valence-electron chi connectivity index (χ0n) is 11.9. The summed E-state index contributed by atoms with van der Waals surface area (Å²) in [5, 5.41) is 12.1. The van der Waals surface area contributed by atoms with Crippen LogP contribution in [0.3, 0.4) is 0 Å². The van der Waals surface area contributed by atoms with Crippen LogP contribution in [-0.2, 0) is 14.3 Å². The third kappa shape index (κ3) is 3.67. The van der Waals surface area contributed by atoms with Gasteiger partial charge in [-0.15, -0.1) is 0 Å². The van der Waals surface area contributed by atoms with Crippen LogP contribution >= 0.6 is 0 Å². The lowest BCUT2D eigenvalue weighted by Gasteiger charge is -2.26. The molecule has 0 saturated carbocycles. The average Bonchev–Trinajstić information content (AvgIpc) is 2.83. The van der Waals surface area contributed by atoms with Crippen LogP contribution in [0.2, 0.25) is 0 Å². The van der Waals surface area contributed by atoms with Crippen molar-refractivity contribution in [2.45, 2.75) is 32.7 Å². The number of carbonyl (C=O) groups excluding carboxylic acids is 1. The van der Waals surface area contributed by atoms with E-state index in [1.54, 1.807) is 7.11 Å². The number of hydrogen-bond acceptors (Lipinski definition) is 4. The number of carboxylic acids is 1. The first-order chi connectivity index (χ1) is 8.96. The van der Waals surface area contributed by atoms with Gasteiger partial charge in [0.25, 0.3) is 0 Å². The largest absolute Gasteiger partial charge is 0.481 e. The fourth-order valence-corrected chi connectivity index (χ4v) is 2.44. The van der Waals surface area contributed by atoms with E-state index in [0.29, 0.717) is 39.1 Å². The van der Waals surface area contributed by atoms with Gasteiger partial charge in [0.15, 0.2) is 0 Å². The second-order valence-corrected chi connectivity index (χ2v) is 5.12. The molecule has 0 spiro atoms. The molecule has 1 aliphatic rings. The van der Waals surface area contributed by atoms with Crippen LogP contribution in [0.1, 0.15) is 26.7 Å². The third-order valence-corrected chi connectivity index (χ3v) is 4.05. The molecular weight excluding hydrogens is 248 g/mol. The number of nitrogens with zero attached hydrogens (tertiary/aromatic N) is 1. The van der Waals surface area contributed by atoms with Crippen molar-refractivity contribution >= 4 is 11.9 Å². The number of carbonyl (C=O) groups is 2. The maximum absolute atomic E-state index is 11.9. The Balaban J connectivity index is 2.53. The van der Waals surface area contributed by atoms with E-state index in [1.165, 1.54) is 0 Å². The van der Waals surface area contributed by atoms with Crippen molar-refractivity contribution in [1.82, 2.24) is 10.2 Å². The first kappa shape index (κ1) is 15.9. The average molecular weight is 272 g/mol. The summed E-state index contributed by atoms with van der Waals surface area (Å²) < 4.78 is 4.87. The quantitative estimate of drug-likeness (QED) is 0.653. The molecule has 1 rings (SSSR count). The summed E-state index contributed by atoms with van der Waals surface area (Å²) in [6, 6.07) is -0.301. The molecular formula is C13H24N2O4. The van der Waals surface area contributed by atoms with E-state index in [1.807, 2.05) is 18.7 Å². The summed E-state index contributed by atoms with van der Waals surface area (Å²) in [6.45, 7) is 5.76. The summed E-state index contributed by atoms with van der Waals surface area (Å²) in [5.41, 5.74) is -0.693. The first-order valence-corrected chi connectivity index (χ1v) is 6.71. The van der Waals surface area contributed by atoms with Crippen LogP contribution < -0.4 is 5.32 Å². The van der Waals surface area contributed by atoms with Crippen molar-refractivity contribution in [2.75, 3.05) is 33.4 Å². The van der Waals surface area contributed by atoms with Gasteiger partial charge in [0.05, 0.1) is 18.1 Å². The molecule has 1 heterocycles. The summed E-state index contributed by atoms with van der Waals surface area (Å²) >= 11 is 0. The maximum Gasteiger partial charge on any atom is 0.310 e. The van der Waals surface area contributed by atoms with Gasteiger partial charge in [0.1, 0.15) is 0 Å². The predicted octanol–water partition coefficient (Wildman–Crippen LogP) is 0.324. The molecule has 1 amide bonds. The second-order valence-electron chi connectivity index (χ2n) is 5.12. The fourth-order valence-electron chi connectivity index (χ4n) is 2.44. The van der Waals surface area contributed by atoms with Gasteiger partial charge >= 0.3 is 5.97 Å². The first-order valence-electron chi connectivity index (χ1n) is 6.71. The van der Waals surface area contributed by atoms with Gasteiger partial charge in [-0.25, -0.2) is 0 Å². The Hall–Kier alpha value is -1.14. The summed E-state index contributed by atoms with van der Waals surface area (Å²) in [6.07, 6.45) is 1.20. The van der Waals surface area contributed by atoms with Crippen molar-refractivity contribution in [3.05, 3.63) is 0 Å². The molecule has 0 bridgehead atoms. The van der Waals surface area contributed by atoms with Gasteiger partial charge in [-0.3, -0.25) is 14.5 Å². The Morgan fingerprint density at radius 2 is 2.21 bits per heavy atom. The Morgan fingerprint density at radius 3 is 2.68 bits per heavy atom. The van der Waals surface area contributed by atoms with Crippen LogP contribution in [0.4, 0.5) is 0 Å².